The molecular weight excluding hydrogens is 222 g/mol. The minimum absolute atomic E-state index is 0.0984. The molecular formula is C8H13NO3S2. The van der Waals surface area contributed by atoms with Crippen LogP contribution >= 0.6 is 24.4 Å². The zero-order valence-corrected chi connectivity index (χ0v) is 9.55. The van der Waals surface area contributed by atoms with E-state index in [9.17, 15) is 9.59 Å². The standard InChI is InChI=1S/C8H13NO3S2/c1-5-7(6(10)2-3-13)14-4-9(5)8(11)12/h5,7,13H,2-4H2,1H3,(H,11,12). The number of carboxylic acid groups (broad SMARTS) is 1. The van der Waals surface area contributed by atoms with E-state index in [1.165, 1.54) is 16.7 Å². The molecule has 0 saturated carbocycles. The zero-order chi connectivity index (χ0) is 10.7. The number of Topliss-reactive ketones (excluding diaryl/α,β-unsaturated/α-hetero) is 1. The first-order valence-corrected chi connectivity index (χ1v) is 6.00. The van der Waals surface area contributed by atoms with Crippen molar-refractivity contribution in [2.45, 2.75) is 24.6 Å². The normalized spacial score (nSPS) is 26.6. The summed E-state index contributed by atoms with van der Waals surface area (Å²) in [5, 5.41) is 8.59. The topological polar surface area (TPSA) is 57.6 Å². The van der Waals surface area contributed by atoms with Crippen LogP contribution in [0.1, 0.15) is 13.3 Å². The van der Waals surface area contributed by atoms with Crippen molar-refractivity contribution in [3.8, 4) is 0 Å². The molecule has 0 aromatic rings. The van der Waals surface area contributed by atoms with Crippen LogP contribution in [0.2, 0.25) is 0 Å². The molecule has 1 heterocycles. The Morgan fingerprint density at radius 3 is 2.71 bits per heavy atom. The highest BCUT2D eigenvalue weighted by Crippen LogP contribution is 2.30. The quantitative estimate of drug-likeness (QED) is 0.724. The number of thioether (sulfide) groups is 1. The summed E-state index contributed by atoms with van der Waals surface area (Å²) in [6.45, 7) is 1.77. The molecule has 1 N–H and O–H groups in total. The molecule has 2 atom stereocenters. The lowest BCUT2D eigenvalue weighted by atomic mass is 10.1. The van der Waals surface area contributed by atoms with Gasteiger partial charge >= 0.3 is 6.09 Å². The zero-order valence-electron chi connectivity index (χ0n) is 7.84. The number of rotatable bonds is 3. The minimum Gasteiger partial charge on any atom is -0.465 e. The Hall–Kier alpha value is -0.360. The number of carbonyl (C=O) groups excluding carboxylic acids is 1. The average molecular weight is 235 g/mol. The van der Waals surface area contributed by atoms with Crippen LogP contribution < -0.4 is 0 Å². The van der Waals surface area contributed by atoms with Gasteiger partial charge in [0.05, 0.1) is 17.2 Å². The maximum atomic E-state index is 11.5. The van der Waals surface area contributed by atoms with Gasteiger partial charge in [0.25, 0.3) is 0 Å². The molecule has 0 aromatic carbocycles. The van der Waals surface area contributed by atoms with Crippen molar-refractivity contribution in [1.29, 1.82) is 0 Å². The van der Waals surface area contributed by atoms with Gasteiger partial charge in [-0.1, -0.05) is 0 Å². The molecule has 1 saturated heterocycles. The summed E-state index contributed by atoms with van der Waals surface area (Å²) in [7, 11) is 0. The predicted octanol–water partition coefficient (Wildman–Crippen LogP) is 1.32. The van der Waals surface area contributed by atoms with Gasteiger partial charge in [0.2, 0.25) is 0 Å². The van der Waals surface area contributed by atoms with Crippen molar-refractivity contribution in [2.75, 3.05) is 11.6 Å². The van der Waals surface area contributed by atoms with Crippen molar-refractivity contribution in [2.24, 2.45) is 0 Å². The Balaban J connectivity index is 2.59. The second kappa shape index (κ2) is 4.93. The number of hydrogen-bond acceptors (Lipinski definition) is 4. The van der Waals surface area contributed by atoms with Crippen molar-refractivity contribution >= 4 is 36.3 Å². The molecule has 1 aliphatic heterocycles. The van der Waals surface area contributed by atoms with Crippen molar-refractivity contribution in [3.63, 3.8) is 0 Å². The monoisotopic (exact) mass is 235 g/mol. The van der Waals surface area contributed by atoms with Gasteiger partial charge in [0, 0.05) is 6.42 Å². The van der Waals surface area contributed by atoms with E-state index in [4.69, 9.17) is 5.11 Å². The molecule has 0 radical (unpaired) electrons. The van der Waals surface area contributed by atoms with Crippen LogP contribution in [0.4, 0.5) is 4.79 Å². The number of amides is 1. The van der Waals surface area contributed by atoms with Crippen LogP contribution in [0.3, 0.4) is 0 Å². The lowest BCUT2D eigenvalue weighted by Gasteiger charge is -2.19. The van der Waals surface area contributed by atoms with Gasteiger partial charge in [-0.2, -0.15) is 12.6 Å². The molecule has 6 heteroatoms. The fourth-order valence-corrected chi connectivity index (χ4v) is 3.04. The highest BCUT2D eigenvalue weighted by Gasteiger charge is 2.38. The number of hydrogen-bond donors (Lipinski definition) is 2. The van der Waals surface area contributed by atoms with Crippen LogP contribution in [-0.4, -0.2) is 44.8 Å². The van der Waals surface area contributed by atoms with Crippen molar-refractivity contribution < 1.29 is 14.7 Å². The molecule has 14 heavy (non-hydrogen) atoms. The second-order valence-corrected chi connectivity index (χ2v) is 4.70. The maximum absolute atomic E-state index is 11.5. The number of carbonyl (C=O) groups is 2. The molecule has 1 aliphatic rings. The van der Waals surface area contributed by atoms with E-state index < -0.39 is 6.09 Å². The summed E-state index contributed by atoms with van der Waals surface area (Å²) >= 11 is 5.38. The molecule has 2 unspecified atom stereocenters. The van der Waals surface area contributed by atoms with Crippen LogP contribution in [-0.2, 0) is 4.79 Å². The molecule has 0 aromatic heterocycles. The summed E-state index contributed by atoms with van der Waals surface area (Å²) in [5.74, 6) is 1.01. The highest BCUT2D eigenvalue weighted by molar-refractivity contribution is 8.00. The van der Waals surface area contributed by atoms with E-state index in [0.717, 1.165) is 0 Å². The Morgan fingerprint density at radius 2 is 2.29 bits per heavy atom. The average Bonchev–Trinajstić information content (AvgIpc) is 2.47. The number of ketones is 1. The predicted molar refractivity (Wildman–Crippen MR) is 59.0 cm³/mol. The molecule has 4 nitrogen and oxygen atoms in total. The van der Waals surface area contributed by atoms with E-state index in [1.54, 1.807) is 6.92 Å². The summed E-state index contributed by atoms with van der Waals surface area (Å²) in [4.78, 5) is 23.6. The summed E-state index contributed by atoms with van der Waals surface area (Å²) in [6, 6.07) is -0.218. The Morgan fingerprint density at radius 1 is 1.64 bits per heavy atom. The first kappa shape index (κ1) is 11.7. The Bertz CT molecular complexity index is 247. The van der Waals surface area contributed by atoms with E-state index in [1.807, 2.05) is 0 Å². The van der Waals surface area contributed by atoms with Crippen molar-refractivity contribution in [3.05, 3.63) is 0 Å². The summed E-state index contributed by atoms with van der Waals surface area (Å²) in [6.07, 6.45) is -0.537. The molecule has 0 spiro atoms. The van der Waals surface area contributed by atoms with Crippen LogP contribution in [0, 0.1) is 0 Å². The third-order valence-electron chi connectivity index (χ3n) is 2.24. The van der Waals surface area contributed by atoms with Gasteiger partial charge in [0.1, 0.15) is 5.78 Å². The molecule has 0 bridgehead atoms. The van der Waals surface area contributed by atoms with E-state index in [2.05, 4.69) is 12.6 Å². The maximum Gasteiger partial charge on any atom is 0.408 e. The fraction of sp³-hybridized carbons (Fsp3) is 0.750. The molecule has 0 aliphatic carbocycles. The molecule has 1 fully saturated rings. The summed E-state index contributed by atoms with van der Waals surface area (Å²) < 4.78 is 0. The largest absolute Gasteiger partial charge is 0.465 e. The Kier molecular flexibility index (Phi) is 4.12. The lowest BCUT2D eigenvalue weighted by molar-refractivity contribution is -0.118. The minimum atomic E-state index is -0.953. The lowest BCUT2D eigenvalue weighted by Crippen LogP contribution is -2.39. The van der Waals surface area contributed by atoms with E-state index in [0.29, 0.717) is 18.1 Å². The van der Waals surface area contributed by atoms with Crippen molar-refractivity contribution in [1.82, 2.24) is 4.90 Å². The highest BCUT2D eigenvalue weighted by atomic mass is 32.2. The summed E-state index contributed by atoms with van der Waals surface area (Å²) in [5.41, 5.74) is 0. The van der Waals surface area contributed by atoms with Gasteiger partial charge < -0.3 is 5.11 Å². The number of thiol groups is 1. The SMILES string of the molecule is CC1C(C(=O)CCS)SCN1C(=O)O. The van der Waals surface area contributed by atoms with E-state index >= 15 is 0 Å². The van der Waals surface area contributed by atoms with Gasteiger partial charge in [-0.3, -0.25) is 9.69 Å². The van der Waals surface area contributed by atoms with Gasteiger partial charge in [-0.25, -0.2) is 4.79 Å². The fourth-order valence-electron chi connectivity index (χ4n) is 1.42. The number of nitrogens with zero attached hydrogens (tertiary/aromatic N) is 1. The first-order valence-electron chi connectivity index (χ1n) is 4.32. The van der Waals surface area contributed by atoms with Crippen LogP contribution in [0.25, 0.3) is 0 Å². The smallest absolute Gasteiger partial charge is 0.408 e. The van der Waals surface area contributed by atoms with Gasteiger partial charge in [-0.15, -0.1) is 11.8 Å². The first-order chi connectivity index (χ1) is 6.57. The molecule has 80 valence electrons. The third-order valence-corrected chi connectivity index (χ3v) is 3.91. The van der Waals surface area contributed by atoms with Gasteiger partial charge in [-0.05, 0) is 12.7 Å². The second-order valence-electron chi connectivity index (χ2n) is 3.15. The van der Waals surface area contributed by atoms with Crippen LogP contribution in [0.5, 0.6) is 0 Å². The third kappa shape index (κ3) is 2.36. The van der Waals surface area contributed by atoms with Crippen LogP contribution in [0.15, 0.2) is 0 Å². The molecule has 1 amide bonds. The Labute approximate surface area is 92.4 Å². The van der Waals surface area contributed by atoms with Gasteiger partial charge in [0.15, 0.2) is 0 Å². The van der Waals surface area contributed by atoms with E-state index in [-0.39, 0.29) is 17.1 Å². The molecule has 1 rings (SSSR count).